The molecule has 22 heavy (non-hydrogen) atoms. The lowest BCUT2D eigenvalue weighted by molar-refractivity contribution is -0.144. The fraction of sp³-hybridized carbons (Fsp3) is 0.385. The number of hydrogen-bond donors (Lipinski definition) is 0. The summed E-state index contributed by atoms with van der Waals surface area (Å²) < 4.78 is 17.8. The number of carbonyl (C=O) groups excluding carboxylic acids is 1. The highest BCUT2D eigenvalue weighted by Crippen LogP contribution is 2.48. The number of benzene rings is 1. The molecule has 0 aliphatic carbocycles. The molecule has 1 aromatic heterocycles. The van der Waals surface area contributed by atoms with E-state index >= 15 is 0 Å². The van der Waals surface area contributed by atoms with Crippen LogP contribution in [0.1, 0.15) is 16.2 Å². The normalized spacial score (nSPS) is 17.0. The Labute approximate surface area is 152 Å². The zero-order valence-corrected chi connectivity index (χ0v) is 16.0. The number of nitrogens with zero attached hydrogens (tertiary/aromatic N) is 1. The average Bonchev–Trinajstić information content (AvgIpc) is 2.85. The van der Waals surface area contributed by atoms with Crippen molar-refractivity contribution in [2.45, 2.75) is 16.8 Å². The predicted octanol–water partition coefficient (Wildman–Crippen LogP) is 4.44. The van der Waals surface area contributed by atoms with Gasteiger partial charge in [0.15, 0.2) is 22.1 Å². The minimum atomic E-state index is -0.347. The van der Waals surface area contributed by atoms with Crippen LogP contribution in [0, 0.1) is 0 Å². The molecule has 0 radical (unpaired) electrons. The molecule has 3 rings (SSSR count). The summed E-state index contributed by atoms with van der Waals surface area (Å²) >= 11 is 14.3. The van der Waals surface area contributed by atoms with E-state index in [1.54, 1.807) is 0 Å². The number of thiazole rings is 1. The Kier molecular flexibility index (Phi) is 4.82. The lowest BCUT2D eigenvalue weighted by Crippen LogP contribution is -2.34. The number of alkyl halides is 2. The predicted molar refractivity (Wildman–Crippen MR) is 91.8 cm³/mol. The SMILES string of the molecule is CC(=O)OC[C@H]1COc2c(cc(C(Br)Br)c3nc(Cl)sc23)O1. The van der Waals surface area contributed by atoms with Gasteiger partial charge in [0.25, 0.3) is 0 Å². The van der Waals surface area contributed by atoms with Gasteiger partial charge >= 0.3 is 5.97 Å². The van der Waals surface area contributed by atoms with Crippen molar-refractivity contribution in [2.24, 2.45) is 0 Å². The summed E-state index contributed by atoms with van der Waals surface area (Å²) in [6, 6.07) is 1.85. The van der Waals surface area contributed by atoms with Crippen molar-refractivity contribution >= 4 is 71.0 Å². The van der Waals surface area contributed by atoms with E-state index < -0.39 is 0 Å². The summed E-state index contributed by atoms with van der Waals surface area (Å²) in [5.41, 5.74) is 1.67. The summed E-state index contributed by atoms with van der Waals surface area (Å²) in [5, 5.41) is 0. The van der Waals surface area contributed by atoms with Gasteiger partial charge in [0.2, 0.25) is 0 Å². The number of fused-ring (bicyclic) bond motifs is 3. The Morgan fingerprint density at radius 3 is 3.09 bits per heavy atom. The maximum absolute atomic E-state index is 10.9. The maximum atomic E-state index is 10.9. The van der Waals surface area contributed by atoms with Crippen molar-refractivity contribution in [3.63, 3.8) is 0 Å². The highest BCUT2D eigenvalue weighted by molar-refractivity contribution is 9.24. The molecule has 1 aromatic carbocycles. The molecule has 0 amide bonds. The Hall–Kier alpha value is -0.570. The first kappa shape index (κ1) is 16.3. The van der Waals surface area contributed by atoms with Gasteiger partial charge in [-0.2, -0.15) is 0 Å². The van der Waals surface area contributed by atoms with Crippen LogP contribution in [0.4, 0.5) is 0 Å². The van der Waals surface area contributed by atoms with Crippen molar-refractivity contribution in [1.82, 2.24) is 4.98 Å². The second kappa shape index (κ2) is 6.51. The van der Waals surface area contributed by atoms with Gasteiger partial charge in [-0.1, -0.05) is 54.8 Å². The molecule has 0 bridgehead atoms. The molecular weight excluding hydrogens is 461 g/mol. The quantitative estimate of drug-likeness (QED) is 0.489. The van der Waals surface area contributed by atoms with Crippen molar-refractivity contribution in [2.75, 3.05) is 13.2 Å². The van der Waals surface area contributed by atoms with E-state index in [9.17, 15) is 4.79 Å². The van der Waals surface area contributed by atoms with Gasteiger partial charge in [-0.15, -0.1) is 0 Å². The number of hydrogen-bond acceptors (Lipinski definition) is 6. The maximum Gasteiger partial charge on any atom is 0.302 e. The van der Waals surface area contributed by atoms with E-state index in [1.807, 2.05) is 6.07 Å². The fourth-order valence-electron chi connectivity index (χ4n) is 2.10. The first-order valence-electron chi connectivity index (χ1n) is 6.29. The van der Waals surface area contributed by atoms with Crippen LogP contribution < -0.4 is 9.47 Å². The number of halogens is 3. The van der Waals surface area contributed by atoms with Crippen LogP contribution in [0.2, 0.25) is 4.47 Å². The Bertz CT molecular complexity index is 736. The smallest absolute Gasteiger partial charge is 0.302 e. The average molecular weight is 472 g/mol. The van der Waals surface area contributed by atoms with Crippen molar-refractivity contribution in [3.8, 4) is 11.5 Å². The number of carbonyl (C=O) groups is 1. The van der Waals surface area contributed by atoms with E-state index in [4.69, 9.17) is 25.8 Å². The number of esters is 1. The number of aromatic nitrogens is 1. The fourth-order valence-corrected chi connectivity index (χ4v) is 3.94. The molecule has 118 valence electrons. The number of rotatable bonds is 3. The molecule has 1 aliphatic rings. The Morgan fingerprint density at radius 2 is 2.41 bits per heavy atom. The molecule has 0 saturated heterocycles. The summed E-state index contributed by atoms with van der Waals surface area (Å²) in [4.78, 5) is 15.2. The lowest BCUT2D eigenvalue weighted by atomic mass is 10.2. The molecule has 2 aromatic rings. The lowest BCUT2D eigenvalue weighted by Gasteiger charge is -2.27. The summed E-state index contributed by atoms with van der Waals surface area (Å²) in [5.74, 6) is 0.874. The minimum absolute atomic E-state index is 0.0941. The van der Waals surface area contributed by atoms with Gasteiger partial charge in [0.1, 0.15) is 17.9 Å². The van der Waals surface area contributed by atoms with Crippen LogP contribution >= 0.6 is 54.8 Å². The standard InChI is InChI=1S/C13H10Br2ClNO4S/c1-5(18)19-3-6-4-20-10-8(21-6)2-7(12(14)15)9-11(10)22-13(16)17-9/h2,6,12H,3-4H2,1H3/t6-/m0/s1. The molecule has 0 unspecified atom stereocenters. The topological polar surface area (TPSA) is 57.7 Å². The molecule has 2 heterocycles. The van der Waals surface area contributed by atoms with Crippen LogP contribution in [-0.2, 0) is 9.53 Å². The zero-order chi connectivity index (χ0) is 15.9. The Morgan fingerprint density at radius 1 is 1.64 bits per heavy atom. The minimum Gasteiger partial charge on any atom is -0.484 e. The highest BCUT2D eigenvalue weighted by atomic mass is 79.9. The second-order valence-corrected chi connectivity index (χ2v) is 9.23. The van der Waals surface area contributed by atoms with Gasteiger partial charge in [0.05, 0.1) is 9.25 Å². The first-order valence-corrected chi connectivity index (χ1v) is 9.32. The van der Waals surface area contributed by atoms with Crippen LogP contribution in [0.15, 0.2) is 6.07 Å². The molecule has 1 atom stereocenters. The van der Waals surface area contributed by atoms with E-state index in [1.165, 1.54) is 18.3 Å². The largest absolute Gasteiger partial charge is 0.484 e. The van der Waals surface area contributed by atoms with Gasteiger partial charge in [-0.05, 0) is 6.07 Å². The molecular formula is C13H10Br2ClNO4S. The third-order valence-corrected chi connectivity index (χ3v) is 5.15. The molecule has 0 spiro atoms. The molecule has 0 fully saturated rings. The van der Waals surface area contributed by atoms with Gasteiger partial charge in [-0.25, -0.2) is 4.98 Å². The van der Waals surface area contributed by atoms with Crippen LogP contribution in [0.5, 0.6) is 11.5 Å². The van der Waals surface area contributed by atoms with Gasteiger partial charge in [-0.3, -0.25) is 4.79 Å². The van der Waals surface area contributed by atoms with Crippen LogP contribution in [-0.4, -0.2) is 30.3 Å². The van der Waals surface area contributed by atoms with Crippen molar-refractivity contribution in [1.29, 1.82) is 0 Å². The van der Waals surface area contributed by atoms with Crippen LogP contribution in [0.25, 0.3) is 10.2 Å². The monoisotopic (exact) mass is 469 g/mol. The summed E-state index contributed by atoms with van der Waals surface area (Å²) in [6.07, 6.45) is -0.339. The Balaban J connectivity index is 1.98. The third kappa shape index (κ3) is 3.20. The molecule has 0 N–H and O–H groups in total. The highest BCUT2D eigenvalue weighted by Gasteiger charge is 2.28. The van der Waals surface area contributed by atoms with Crippen molar-refractivity contribution < 1.29 is 19.0 Å². The summed E-state index contributed by atoms with van der Waals surface area (Å²) in [6.45, 7) is 1.81. The van der Waals surface area contributed by atoms with E-state index in [0.717, 1.165) is 15.8 Å². The van der Waals surface area contributed by atoms with Gasteiger partial charge < -0.3 is 14.2 Å². The van der Waals surface area contributed by atoms with E-state index in [0.29, 0.717) is 22.6 Å². The third-order valence-electron chi connectivity index (χ3n) is 3.01. The molecule has 5 nitrogen and oxygen atoms in total. The molecule has 0 saturated carbocycles. The zero-order valence-electron chi connectivity index (χ0n) is 11.3. The van der Waals surface area contributed by atoms with Gasteiger partial charge in [0, 0.05) is 12.5 Å². The summed E-state index contributed by atoms with van der Waals surface area (Å²) in [7, 11) is 0. The van der Waals surface area contributed by atoms with E-state index in [2.05, 4.69) is 36.8 Å². The molecule has 1 aliphatic heterocycles. The second-order valence-electron chi connectivity index (χ2n) is 4.59. The van der Waals surface area contributed by atoms with Crippen molar-refractivity contribution in [3.05, 3.63) is 16.1 Å². The number of ether oxygens (including phenoxy) is 3. The molecule has 9 heteroatoms. The first-order chi connectivity index (χ1) is 10.5. The van der Waals surface area contributed by atoms with E-state index in [-0.39, 0.29) is 22.4 Å². The van der Waals surface area contributed by atoms with Crippen LogP contribution in [0.3, 0.4) is 0 Å².